The van der Waals surface area contributed by atoms with Crippen LogP contribution in [-0.4, -0.2) is 45.1 Å². The topological polar surface area (TPSA) is 63.9 Å². The molecule has 3 aromatic rings. The molecule has 0 aliphatic carbocycles. The Morgan fingerprint density at radius 1 is 1.07 bits per heavy atom. The molecule has 1 heterocycles. The highest BCUT2D eigenvalue weighted by Crippen LogP contribution is 2.23. The summed E-state index contributed by atoms with van der Waals surface area (Å²) < 4.78 is 33.1. The van der Waals surface area contributed by atoms with Crippen LogP contribution in [0.25, 0.3) is 11.3 Å². The van der Waals surface area contributed by atoms with Gasteiger partial charge in [-0.05, 0) is 29.8 Å². The number of ether oxygens (including phenoxy) is 1. The van der Waals surface area contributed by atoms with Gasteiger partial charge in [0.2, 0.25) is 10.0 Å². The third kappa shape index (κ3) is 4.41. The SMILES string of the molecule is COCCn1c(-c2ccc(S(=O)(=O)N(C)C)cc2)csc1=Nc1ccccc1. The number of rotatable bonds is 7. The van der Waals surface area contributed by atoms with E-state index in [1.807, 2.05) is 47.8 Å². The minimum Gasteiger partial charge on any atom is -0.383 e. The van der Waals surface area contributed by atoms with Gasteiger partial charge in [-0.25, -0.2) is 17.7 Å². The largest absolute Gasteiger partial charge is 0.383 e. The molecule has 0 aliphatic rings. The molecule has 8 heteroatoms. The van der Waals surface area contributed by atoms with Gasteiger partial charge < -0.3 is 9.30 Å². The molecule has 3 rings (SSSR count). The summed E-state index contributed by atoms with van der Waals surface area (Å²) in [7, 11) is 1.28. The fourth-order valence-electron chi connectivity index (χ4n) is 2.67. The van der Waals surface area contributed by atoms with E-state index in [2.05, 4.69) is 4.57 Å². The van der Waals surface area contributed by atoms with Crippen LogP contribution in [0.3, 0.4) is 0 Å². The molecule has 0 radical (unpaired) electrons. The van der Waals surface area contributed by atoms with Gasteiger partial charge in [0, 0.05) is 33.1 Å². The van der Waals surface area contributed by atoms with Crippen molar-refractivity contribution in [2.75, 3.05) is 27.8 Å². The minimum absolute atomic E-state index is 0.272. The van der Waals surface area contributed by atoms with Crippen molar-refractivity contribution in [1.29, 1.82) is 0 Å². The fraction of sp³-hybridized carbons (Fsp3) is 0.250. The highest BCUT2D eigenvalue weighted by atomic mass is 32.2. The standard InChI is InChI=1S/C20H23N3O3S2/c1-22(2)28(24,25)18-11-9-16(10-12-18)19-15-27-20(23(19)13-14-26-3)21-17-7-5-4-6-8-17/h4-12,15H,13-14H2,1-3H3. The molecule has 0 unspecified atom stereocenters. The first-order valence-electron chi connectivity index (χ1n) is 8.73. The second-order valence-electron chi connectivity index (χ2n) is 6.31. The summed E-state index contributed by atoms with van der Waals surface area (Å²) in [5.74, 6) is 0. The van der Waals surface area contributed by atoms with Crippen molar-refractivity contribution >= 4 is 27.0 Å². The smallest absolute Gasteiger partial charge is 0.242 e. The molecule has 0 aliphatic heterocycles. The maximum Gasteiger partial charge on any atom is 0.242 e. The van der Waals surface area contributed by atoms with Crippen LogP contribution in [-0.2, 0) is 21.3 Å². The number of methoxy groups -OCH3 is 1. The van der Waals surface area contributed by atoms with Gasteiger partial charge in [-0.15, -0.1) is 11.3 Å². The summed E-state index contributed by atoms with van der Waals surface area (Å²) in [5, 5.41) is 2.03. The number of thiazole rings is 1. The molecular weight excluding hydrogens is 394 g/mol. The lowest BCUT2D eigenvalue weighted by atomic mass is 10.2. The summed E-state index contributed by atoms with van der Waals surface area (Å²) in [4.78, 5) is 5.88. The summed E-state index contributed by atoms with van der Waals surface area (Å²) in [6.45, 7) is 1.21. The molecule has 0 N–H and O–H groups in total. The predicted octanol–water partition coefficient (Wildman–Crippen LogP) is 3.35. The highest BCUT2D eigenvalue weighted by Gasteiger charge is 2.17. The third-order valence-electron chi connectivity index (χ3n) is 4.23. The van der Waals surface area contributed by atoms with Crippen LogP contribution >= 0.6 is 11.3 Å². The highest BCUT2D eigenvalue weighted by molar-refractivity contribution is 7.89. The van der Waals surface area contributed by atoms with Crippen LogP contribution in [0.5, 0.6) is 0 Å². The zero-order chi connectivity index (χ0) is 20.1. The molecule has 28 heavy (non-hydrogen) atoms. The van der Waals surface area contributed by atoms with Gasteiger partial charge in [-0.1, -0.05) is 30.3 Å². The number of hydrogen-bond acceptors (Lipinski definition) is 5. The first-order chi connectivity index (χ1) is 13.4. The quantitative estimate of drug-likeness (QED) is 0.592. The predicted molar refractivity (Wildman–Crippen MR) is 112 cm³/mol. The van der Waals surface area contributed by atoms with E-state index in [0.717, 1.165) is 21.7 Å². The Morgan fingerprint density at radius 3 is 2.36 bits per heavy atom. The van der Waals surface area contributed by atoms with Crippen LogP contribution in [0, 0.1) is 0 Å². The van der Waals surface area contributed by atoms with E-state index in [9.17, 15) is 8.42 Å². The summed E-state index contributed by atoms with van der Waals surface area (Å²) in [5.41, 5.74) is 2.79. The first kappa shape index (κ1) is 20.5. The number of hydrogen-bond donors (Lipinski definition) is 0. The van der Waals surface area contributed by atoms with Crippen molar-refractivity contribution in [3.8, 4) is 11.3 Å². The van der Waals surface area contributed by atoms with E-state index in [-0.39, 0.29) is 4.90 Å². The normalized spacial score (nSPS) is 12.6. The van der Waals surface area contributed by atoms with Crippen molar-refractivity contribution in [2.45, 2.75) is 11.4 Å². The van der Waals surface area contributed by atoms with Gasteiger partial charge in [0.05, 0.1) is 22.9 Å². The number of nitrogens with zero attached hydrogens (tertiary/aromatic N) is 3. The summed E-state index contributed by atoms with van der Waals surface area (Å²) in [6, 6.07) is 16.7. The van der Waals surface area contributed by atoms with Gasteiger partial charge in [-0.2, -0.15) is 0 Å². The first-order valence-corrected chi connectivity index (χ1v) is 11.1. The number of sulfonamides is 1. The maximum absolute atomic E-state index is 12.3. The molecule has 148 valence electrons. The third-order valence-corrected chi connectivity index (χ3v) is 6.92. The van der Waals surface area contributed by atoms with Gasteiger partial charge in [0.15, 0.2) is 4.80 Å². The summed E-state index contributed by atoms with van der Waals surface area (Å²) in [6.07, 6.45) is 0. The van der Waals surface area contributed by atoms with Crippen molar-refractivity contribution in [1.82, 2.24) is 8.87 Å². The lowest BCUT2D eigenvalue weighted by molar-refractivity contribution is 0.187. The molecule has 6 nitrogen and oxygen atoms in total. The monoisotopic (exact) mass is 417 g/mol. The Morgan fingerprint density at radius 2 is 1.75 bits per heavy atom. The van der Waals surface area contributed by atoms with Crippen molar-refractivity contribution in [2.24, 2.45) is 4.99 Å². The molecule has 0 saturated carbocycles. The maximum atomic E-state index is 12.3. The van der Waals surface area contributed by atoms with Crippen molar-refractivity contribution in [3.63, 3.8) is 0 Å². The van der Waals surface area contributed by atoms with Crippen LogP contribution in [0.1, 0.15) is 0 Å². The Hall–Kier alpha value is -2.26. The average Bonchev–Trinajstić information content (AvgIpc) is 3.09. The van der Waals surface area contributed by atoms with Crippen molar-refractivity contribution < 1.29 is 13.2 Å². The molecule has 1 aromatic heterocycles. The Kier molecular flexibility index (Phi) is 6.46. The van der Waals surface area contributed by atoms with Gasteiger partial charge in [0.25, 0.3) is 0 Å². The lowest BCUT2D eigenvalue weighted by Crippen LogP contribution is -2.22. The van der Waals surface area contributed by atoms with E-state index >= 15 is 0 Å². The molecule has 0 saturated heterocycles. The van der Waals surface area contributed by atoms with Crippen LogP contribution in [0.4, 0.5) is 5.69 Å². The Bertz CT molecular complexity index is 1080. The van der Waals surface area contributed by atoms with Crippen LogP contribution < -0.4 is 4.80 Å². The van der Waals surface area contributed by atoms with E-state index in [0.29, 0.717) is 13.2 Å². The molecular formula is C20H23N3O3S2. The molecule has 0 atom stereocenters. The van der Waals surface area contributed by atoms with Gasteiger partial charge >= 0.3 is 0 Å². The van der Waals surface area contributed by atoms with E-state index in [1.54, 1.807) is 30.6 Å². The number of para-hydroxylation sites is 1. The van der Waals surface area contributed by atoms with E-state index in [4.69, 9.17) is 9.73 Å². The van der Waals surface area contributed by atoms with Gasteiger partial charge in [-0.3, -0.25) is 0 Å². The lowest BCUT2D eigenvalue weighted by Gasteiger charge is -2.12. The van der Waals surface area contributed by atoms with E-state index < -0.39 is 10.0 Å². The number of benzene rings is 2. The van der Waals surface area contributed by atoms with Gasteiger partial charge in [0.1, 0.15) is 0 Å². The molecule has 0 spiro atoms. The molecule has 0 fully saturated rings. The van der Waals surface area contributed by atoms with E-state index in [1.165, 1.54) is 18.4 Å². The molecule has 2 aromatic carbocycles. The second kappa shape index (κ2) is 8.83. The fourth-order valence-corrected chi connectivity index (χ4v) is 4.53. The van der Waals surface area contributed by atoms with Crippen molar-refractivity contribution in [3.05, 3.63) is 64.8 Å². The number of aromatic nitrogens is 1. The zero-order valence-corrected chi connectivity index (χ0v) is 17.7. The van der Waals surface area contributed by atoms with Crippen LogP contribution in [0.15, 0.2) is 69.9 Å². The average molecular weight is 418 g/mol. The Balaban J connectivity index is 2.03. The van der Waals surface area contributed by atoms with Crippen LogP contribution in [0.2, 0.25) is 0 Å². The molecule has 0 bridgehead atoms. The zero-order valence-electron chi connectivity index (χ0n) is 16.1. The Labute approximate surface area is 169 Å². The second-order valence-corrected chi connectivity index (χ2v) is 9.30. The minimum atomic E-state index is -3.45. The summed E-state index contributed by atoms with van der Waals surface area (Å²) >= 11 is 1.55. The molecule has 0 amide bonds.